The maximum Gasteiger partial charge on any atom is 0.416 e. The quantitative estimate of drug-likeness (QED) is 0.178. The van der Waals surface area contributed by atoms with Crippen LogP contribution in [0.5, 0.6) is 17.2 Å². The number of halogens is 5. The molecule has 9 nitrogen and oxygen atoms in total. The fourth-order valence-electron chi connectivity index (χ4n) is 3.17. The van der Waals surface area contributed by atoms with Gasteiger partial charge in [0.25, 0.3) is 11.6 Å². The molecule has 4 aromatic rings. The van der Waals surface area contributed by atoms with Crippen LogP contribution in [0.3, 0.4) is 0 Å². The first-order valence-electron chi connectivity index (χ1n) is 10.6. The summed E-state index contributed by atoms with van der Waals surface area (Å²) in [5, 5.41) is 18.4. The molecule has 0 aliphatic heterocycles. The molecule has 0 atom stereocenters. The molecule has 3 aromatic carbocycles. The largest absolute Gasteiger partial charge is 0.470 e. The molecule has 4 rings (SSSR count). The van der Waals surface area contributed by atoms with Gasteiger partial charge in [0.1, 0.15) is 22.3 Å². The second kappa shape index (κ2) is 11.0. The third-order valence-electron chi connectivity index (χ3n) is 4.90. The van der Waals surface area contributed by atoms with Crippen molar-refractivity contribution < 1.29 is 32.4 Å². The fraction of sp³-hybridized carbons (Fsp3) is 0.0833. The average Bonchev–Trinajstić information content (AvgIpc) is 3.34. The predicted molar refractivity (Wildman–Crippen MR) is 132 cm³/mol. The van der Waals surface area contributed by atoms with Crippen molar-refractivity contribution in [1.82, 2.24) is 9.78 Å². The van der Waals surface area contributed by atoms with E-state index in [2.05, 4.69) is 10.4 Å². The van der Waals surface area contributed by atoms with Crippen LogP contribution in [0.15, 0.2) is 72.9 Å². The molecule has 0 fully saturated rings. The molecular weight excluding hydrogens is 552 g/mol. The summed E-state index contributed by atoms with van der Waals surface area (Å²) in [7, 11) is 0. The van der Waals surface area contributed by atoms with E-state index in [0.29, 0.717) is 10.8 Å². The number of aromatic nitrogens is 2. The van der Waals surface area contributed by atoms with Crippen LogP contribution in [0.2, 0.25) is 10.0 Å². The van der Waals surface area contributed by atoms with Crippen LogP contribution in [0.4, 0.5) is 24.5 Å². The van der Waals surface area contributed by atoms with Gasteiger partial charge in [-0.05, 0) is 36.4 Å². The number of anilines is 1. The number of nitrogens with one attached hydrogen (secondary N) is 1. The van der Waals surface area contributed by atoms with Gasteiger partial charge in [-0.2, -0.15) is 18.3 Å². The van der Waals surface area contributed by atoms with E-state index >= 15 is 0 Å². The number of amides is 1. The van der Waals surface area contributed by atoms with E-state index in [1.807, 2.05) is 0 Å². The van der Waals surface area contributed by atoms with E-state index in [1.165, 1.54) is 29.1 Å². The van der Waals surface area contributed by atoms with Crippen molar-refractivity contribution in [3.63, 3.8) is 0 Å². The Balaban J connectivity index is 1.48. The van der Waals surface area contributed by atoms with Gasteiger partial charge in [0.05, 0.1) is 27.3 Å². The molecule has 0 saturated heterocycles. The Morgan fingerprint density at radius 3 is 2.55 bits per heavy atom. The summed E-state index contributed by atoms with van der Waals surface area (Å²) in [4.78, 5) is 23.3. The molecule has 0 radical (unpaired) electrons. The summed E-state index contributed by atoms with van der Waals surface area (Å²) in [5.41, 5.74) is -1.49. The van der Waals surface area contributed by atoms with Crippen molar-refractivity contribution in [1.29, 1.82) is 0 Å². The lowest BCUT2D eigenvalue weighted by Gasteiger charge is -2.11. The molecule has 0 spiro atoms. The molecule has 38 heavy (non-hydrogen) atoms. The van der Waals surface area contributed by atoms with Crippen LogP contribution < -0.4 is 14.8 Å². The number of ether oxygens (including phenoxy) is 2. The predicted octanol–water partition coefficient (Wildman–Crippen LogP) is 7.20. The van der Waals surface area contributed by atoms with Crippen LogP contribution in [0.1, 0.15) is 16.1 Å². The van der Waals surface area contributed by atoms with Gasteiger partial charge in [-0.1, -0.05) is 35.3 Å². The minimum absolute atomic E-state index is 0.0392. The number of carbonyl (C=O) groups excluding carboxylic acids is 1. The molecule has 0 aliphatic rings. The minimum atomic E-state index is -4.60. The second-order valence-corrected chi connectivity index (χ2v) is 8.41. The van der Waals surface area contributed by atoms with Crippen LogP contribution in [-0.2, 0) is 12.9 Å². The molecular formula is C24H15Cl2F3N4O5. The van der Waals surface area contributed by atoms with Gasteiger partial charge in [-0.25, -0.2) is 4.68 Å². The molecule has 0 aliphatic carbocycles. The van der Waals surface area contributed by atoms with E-state index in [-0.39, 0.29) is 34.6 Å². The molecule has 0 bridgehead atoms. The summed E-state index contributed by atoms with van der Waals surface area (Å²) in [6.07, 6.45) is -3.14. The number of nitro benzene ring substituents is 1. The van der Waals surface area contributed by atoms with Crippen LogP contribution >= 0.6 is 23.2 Å². The zero-order valence-electron chi connectivity index (χ0n) is 18.9. The Morgan fingerprint density at radius 1 is 1.05 bits per heavy atom. The molecule has 1 amide bonds. The summed E-state index contributed by atoms with van der Waals surface area (Å²) in [5.74, 6) is -0.761. The lowest BCUT2D eigenvalue weighted by molar-refractivity contribution is -0.384. The van der Waals surface area contributed by atoms with Crippen LogP contribution in [0, 0.1) is 10.1 Å². The average molecular weight is 567 g/mol. The van der Waals surface area contributed by atoms with Crippen molar-refractivity contribution in [2.24, 2.45) is 0 Å². The van der Waals surface area contributed by atoms with Gasteiger partial charge in [-0.15, -0.1) is 0 Å². The summed E-state index contributed by atoms with van der Waals surface area (Å²) in [6, 6.07) is 13.6. The summed E-state index contributed by atoms with van der Waals surface area (Å²) in [6.45, 7) is -0.0981. The zero-order chi connectivity index (χ0) is 27.4. The molecule has 1 N–H and O–H groups in total. The Labute approximate surface area is 222 Å². The van der Waals surface area contributed by atoms with Crippen molar-refractivity contribution >= 4 is 40.5 Å². The first kappa shape index (κ1) is 26.8. The van der Waals surface area contributed by atoms with E-state index in [1.54, 1.807) is 18.2 Å². The number of alkyl halides is 3. The van der Waals surface area contributed by atoms with Crippen molar-refractivity contribution in [3.8, 4) is 17.2 Å². The van der Waals surface area contributed by atoms with E-state index < -0.39 is 28.3 Å². The van der Waals surface area contributed by atoms with Gasteiger partial charge in [0, 0.05) is 18.3 Å². The lowest BCUT2D eigenvalue weighted by Crippen LogP contribution is -2.14. The standard InChI is InChI=1S/C24H15Cl2F3N4O5/c25-19-5-2-6-21(22(19)26)37-13-32-8-7-20(31-32)23(34)30-15-10-16(33(35)36)12-18(11-15)38-17-4-1-3-14(9-17)24(27,28)29/h1-12H,13H2,(H,30,34). The molecule has 1 aromatic heterocycles. The molecule has 14 heteroatoms. The highest BCUT2D eigenvalue weighted by Crippen LogP contribution is 2.35. The lowest BCUT2D eigenvalue weighted by atomic mass is 10.2. The number of rotatable bonds is 8. The molecule has 1 heterocycles. The number of benzene rings is 3. The summed E-state index contributed by atoms with van der Waals surface area (Å²) >= 11 is 12.0. The maximum absolute atomic E-state index is 13.0. The Kier molecular flexibility index (Phi) is 7.74. The number of non-ortho nitro benzene ring substituents is 1. The summed E-state index contributed by atoms with van der Waals surface area (Å²) < 4.78 is 51.3. The normalized spacial score (nSPS) is 11.2. The maximum atomic E-state index is 13.0. The number of carbonyl (C=O) groups is 1. The van der Waals surface area contributed by atoms with Gasteiger partial charge in [-0.3, -0.25) is 14.9 Å². The Morgan fingerprint density at radius 2 is 1.82 bits per heavy atom. The van der Waals surface area contributed by atoms with Crippen molar-refractivity contribution in [2.45, 2.75) is 12.9 Å². The third kappa shape index (κ3) is 6.52. The zero-order valence-corrected chi connectivity index (χ0v) is 20.4. The molecule has 0 unspecified atom stereocenters. The third-order valence-corrected chi connectivity index (χ3v) is 5.70. The first-order chi connectivity index (χ1) is 18.0. The molecule has 196 valence electrons. The number of nitro groups is 1. The van der Waals surface area contributed by atoms with Gasteiger partial charge < -0.3 is 14.8 Å². The van der Waals surface area contributed by atoms with Gasteiger partial charge in [0.15, 0.2) is 12.4 Å². The van der Waals surface area contributed by atoms with E-state index in [4.69, 9.17) is 32.7 Å². The van der Waals surface area contributed by atoms with Crippen molar-refractivity contribution in [3.05, 3.63) is 104 Å². The Bertz CT molecular complexity index is 1510. The van der Waals surface area contributed by atoms with Crippen molar-refractivity contribution in [2.75, 3.05) is 5.32 Å². The number of hydrogen-bond acceptors (Lipinski definition) is 6. The van der Waals surface area contributed by atoms with Crippen LogP contribution in [0.25, 0.3) is 0 Å². The number of hydrogen-bond donors (Lipinski definition) is 1. The van der Waals surface area contributed by atoms with Gasteiger partial charge in [0.2, 0.25) is 0 Å². The highest BCUT2D eigenvalue weighted by atomic mass is 35.5. The van der Waals surface area contributed by atoms with Gasteiger partial charge >= 0.3 is 6.18 Å². The van der Waals surface area contributed by atoms with E-state index in [9.17, 15) is 28.1 Å². The smallest absolute Gasteiger partial charge is 0.416 e. The fourth-order valence-corrected chi connectivity index (χ4v) is 3.52. The SMILES string of the molecule is O=C(Nc1cc(Oc2cccc(C(F)(F)F)c2)cc([N+](=O)[O-])c1)c1ccn(COc2cccc(Cl)c2Cl)n1. The Hall–Kier alpha value is -4.29. The first-order valence-corrected chi connectivity index (χ1v) is 11.3. The highest BCUT2D eigenvalue weighted by molar-refractivity contribution is 6.42. The second-order valence-electron chi connectivity index (χ2n) is 7.62. The van der Waals surface area contributed by atoms with E-state index in [0.717, 1.165) is 30.3 Å². The monoisotopic (exact) mass is 566 g/mol. The topological polar surface area (TPSA) is 109 Å². The molecule has 0 saturated carbocycles. The highest BCUT2D eigenvalue weighted by Gasteiger charge is 2.30. The minimum Gasteiger partial charge on any atom is -0.470 e. The van der Waals surface area contributed by atoms with Crippen LogP contribution in [-0.4, -0.2) is 20.6 Å². The number of nitrogens with zero attached hydrogens (tertiary/aromatic N) is 3.